The molecule has 1 fully saturated rings. The number of alkyl halides is 1. The van der Waals surface area contributed by atoms with Crippen LogP contribution < -0.4 is 5.32 Å². The van der Waals surface area contributed by atoms with Crippen molar-refractivity contribution >= 4 is 40.1 Å². The Hall–Kier alpha value is -0.290. The molecule has 1 amide bonds. The Kier molecular flexibility index (Phi) is 4.08. The molecular weight excluding hydrogens is 336 g/mol. The van der Waals surface area contributed by atoms with E-state index in [1.165, 1.54) is 12.8 Å². The van der Waals surface area contributed by atoms with Crippen molar-refractivity contribution in [3.05, 3.63) is 33.4 Å². The molecule has 86 valence electrons. The summed E-state index contributed by atoms with van der Waals surface area (Å²) in [5, 5.41) is 2.96. The van der Waals surface area contributed by atoms with Crippen LogP contribution in [0.25, 0.3) is 0 Å². The Bertz CT molecular complexity index is 375. The standard InChI is InChI=1S/C12H13ClINO/c13-11(8-1-2-8)7-15-12(16)9-3-5-10(14)6-4-9/h3-6,8,11H,1-2,7H2,(H,15,16). The Morgan fingerprint density at radius 2 is 2.06 bits per heavy atom. The highest BCUT2D eigenvalue weighted by molar-refractivity contribution is 14.1. The summed E-state index contributed by atoms with van der Waals surface area (Å²) in [4.78, 5) is 11.7. The molecule has 1 aliphatic carbocycles. The van der Waals surface area contributed by atoms with Gasteiger partial charge in [-0.25, -0.2) is 0 Å². The second-order valence-electron chi connectivity index (χ2n) is 4.07. The molecule has 0 heterocycles. The van der Waals surface area contributed by atoms with Gasteiger partial charge in [0.05, 0.1) is 5.38 Å². The predicted octanol–water partition coefficient (Wildman–Crippen LogP) is 3.04. The van der Waals surface area contributed by atoms with Crippen molar-refractivity contribution in [1.82, 2.24) is 5.32 Å². The molecule has 0 radical (unpaired) electrons. The lowest BCUT2D eigenvalue weighted by atomic mass is 10.2. The highest BCUT2D eigenvalue weighted by Gasteiger charge is 2.29. The van der Waals surface area contributed by atoms with E-state index in [1.807, 2.05) is 24.3 Å². The lowest BCUT2D eigenvalue weighted by Gasteiger charge is -2.09. The fourth-order valence-corrected chi connectivity index (χ4v) is 2.21. The van der Waals surface area contributed by atoms with Gasteiger partial charge in [0.25, 0.3) is 5.91 Å². The average Bonchev–Trinajstić information content (AvgIpc) is 3.10. The van der Waals surface area contributed by atoms with Gasteiger partial charge in [0.1, 0.15) is 0 Å². The number of carbonyl (C=O) groups excluding carboxylic acids is 1. The highest BCUT2D eigenvalue weighted by Crippen LogP contribution is 2.35. The maximum absolute atomic E-state index is 11.7. The van der Waals surface area contributed by atoms with Gasteiger partial charge in [0.2, 0.25) is 0 Å². The fraction of sp³-hybridized carbons (Fsp3) is 0.417. The van der Waals surface area contributed by atoms with Gasteiger partial charge in [0, 0.05) is 15.7 Å². The van der Waals surface area contributed by atoms with E-state index in [1.54, 1.807) is 0 Å². The third-order valence-electron chi connectivity index (χ3n) is 2.70. The SMILES string of the molecule is O=C(NCC(Cl)C1CC1)c1ccc(I)cc1. The Morgan fingerprint density at radius 3 is 2.62 bits per heavy atom. The van der Waals surface area contributed by atoms with Crippen molar-refractivity contribution in [3.8, 4) is 0 Å². The minimum absolute atomic E-state index is 0.0392. The van der Waals surface area contributed by atoms with E-state index < -0.39 is 0 Å². The number of benzene rings is 1. The summed E-state index contributed by atoms with van der Waals surface area (Å²) in [5.74, 6) is 0.571. The summed E-state index contributed by atoms with van der Waals surface area (Å²) in [5.41, 5.74) is 0.695. The van der Waals surface area contributed by atoms with E-state index in [4.69, 9.17) is 11.6 Å². The number of rotatable bonds is 4. The molecule has 1 saturated carbocycles. The molecule has 1 aliphatic rings. The summed E-state index contributed by atoms with van der Waals surface area (Å²) < 4.78 is 1.13. The van der Waals surface area contributed by atoms with Gasteiger partial charge >= 0.3 is 0 Å². The Morgan fingerprint density at radius 1 is 1.44 bits per heavy atom. The lowest BCUT2D eigenvalue weighted by molar-refractivity contribution is 0.0953. The summed E-state index contributed by atoms with van der Waals surface area (Å²) in [6.45, 7) is 0.567. The van der Waals surface area contributed by atoms with Crippen molar-refractivity contribution in [2.45, 2.75) is 18.2 Å². The predicted molar refractivity (Wildman–Crippen MR) is 73.9 cm³/mol. The molecule has 2 nitrogen and oxygen atoms in total. The Labute approximate surface area is 114 Å². The summed E-state index contributed by atoms with van der Waals surface area (Å²) in [6, 6.07) is 7.51. The van der Waals surface area contributed by atoms with Crippen molar-refractivity contribution in [2.75, 3.05) is 6.54 Å². The minimum Gasteiger partial charge on any atom is -0.351 e. The maximum atomic E-state index is 11.7. The molecule has 2 rings (SSSR count). The molecular formula is C12H13ClINO. The van der Waals surface area contributed by atoms with Gasteiger partial charge in [-0.05, 0) is 65.6 Å². The van der Waals surface area contributed by atoms with Gasteiger partial charge in [-0.15, -0.1) is 11.6 Å². The number of hydrogen-bond donors (Lipinski definition) is 1. The van der Waals surface area contributed by atoms with E-state index in [-0.39, 0.29) is 11.3 Å². The zero-order valence-corrected chi connectivity index (χ0v) is 11.7. The van der Waals surface area contributed by atoms with Crippen LogP contribution in [-0.2, 0) is 0 Å². The quantitative estimate of drug-likeness (QED) is 0.657. The van der Waals surface area contributed by atoms with Crippen LogP contribution in [-0.4, -0.2) is 17.8 Å². The number of nitrogens with one attached hydrogen (secondary N) is 1. The van der Waals surface area contributed by atoms with E-state index in [9.17, 15) is 4.79 Å². The van der Waals surface area contributed by atoms with E-state index in [2.05, 4.69) is 27.9 Å². The number of amides is 1. The third kappa shape index (κ3) is 3.35. The fourth-order valence-electron chi connectivity index (χ4n) is 1.52. The number of hydrogen-bond acceptors (Lipinski definition) is 1. The van der Waals surface area contributed by atoms with Gasteiger partial charge in [-0.1, -0.05) is 0 Å². The first-order valence-corrected chi connectivity index (χ1v) is 6.86. The van der Waals surface area contributed by atoms with Crippen LogP contribution in [0.5, 0.6) is 0 Å². The van der Waals surface area contributed by atoms with Crippen LogP contribution in [0, 0.1) is 9.49 Å². The molecule has 0 spiro atoms. The molecule has 0 saturated heterocycles. The maximum Gasteiger partial charge on any atom is 0.251 e. The van der Waals surface area contributed by atoms with Crippen LogP contribution in [0.2, 0.25) is 0 Å². The van der Waals surface area contributed by atoms with Crippen LogP contribution >= 0.6 is 34.2 Å². The van der Waals surface area contributed by atoms with Crippen molar-refractivity contribution in [1.29, 1.82) is 0 Å². The van der Waals surface area contributed by atoms with Gasteiger partial charge in [-0.2, -0.15) is 0 Å². The topological polar surface area (TPSA) is 29.1 Å². The summed E-state index contributed by atoms with van der Waals surface area (Å²) in [6.07, 6.45) is 2.40. The molecule has 1 N–H and O–H groups in total. The number of halogens is 2. The van der Waals surface area contributed by atoms with Crippen molar-refractivity contribution < 1.29 is 4.79 Å². The second-order valence-corrected chi connectivity index (χ2v) is 5.88. The molecule has 1 atom stereocenters. The molecule has 1 aromatic rings. The second kappa shape index (κ2) is 5.36. The normalized spacial score (nSPS) is 16.9. The number of carbonyl (C=O) groups is 1. The zero-order valence-electron chi connectivity index (χ0n) is 8.75. The first kappa shape index (κ1) is 12.2. The van der Waals surface area contributed by atoms with Crippen LogP contribution in [0.1, 0.15) is 23.2 Å². The smallest absolute Gasteiger partial charge is 0.251 e. The third-order valence-corrected chi connectivity index (χ3v) is 3.93. The molecule has 0 aromatic heterocycles. The van der Waals surface area contributed by atoms with Crippen molar-refractivity contribution in [2.24, 2.45) is 5.92 Å². The van der Waals surface area contributed by atoms with Crippen LogP contribution in [0.4, 0.5) is 0 Å². The molecule has 16 heavy (non-hydrogen) atoms. The van der Waals surface area contributed by atoms with Gasteiger partial charge in [0.15, 0.2) is 0 Å². The molecule has 0 bridgehead atoms. The van der Waals surface area contributed by atoms with Gasteiger partial charge < -0.3 is 5.32 Å². The van der Waals surface area contributed by atoms with E-state index >= 15 is 0 Å². The van der Waals surface area contributed by atoms with Gasteiger partial charge in [-0.3, -0.25) is 4.79 Å². The van der Waals surface area contributed by atoms with E-state index in [0.29, 0.717) is 18.0 Å². The Balaban J connectivity index is 1.85. The first-order valence-electron chi connectivity index (χ1n) is 5.34. The highest BCUT2D eigenvalue weighted by atomic mass is 127. The summed E-state index contributed by atoms with van der Waals surface area (Å²) in [7, 11) is 0. The average molecular weight is 350 g/mol. The largest absolute Gasteiger partial charge is 0.351 e. The summed E-state index contributed by atoms with van der Waals surface area (Å²) >= 11 is 8.34. The first-order chi connectivity index (χ1) is 7.66. The molecule has 1 aromatic carbocycles. The van der Waals surface area contributed by atoms with Crippen molar-refractivity contribution in [3.63, 3.8) is 0 Å². The molecule has 1 unspecified atom stereocenters. The minimum atomic E-state index is -0.0392. The molecule has 0 aliphatic heterocycles. The monoisotopic (exact) mass is 349 g/mol. The van der Waals surface area contributed by atoms with E-state index in [0.717, 1.165) is 3.57 Å². The van der Waals surface area contributed by atoms with Crippen LogP contribution in [0.15, 0.2) is 24.3 Å². The van der Waals surface area contributed by atoms with Crippen LogP contribution in [0.3, 0.4) is 0 Å². The molecule has 4 heteroatoms. The lowest BCUT2D eigenvalue weighted by Crippen LogP contribution is -2.30. The zero-order chi connectivity index (χ0) is 11.5.